The summed E-state index contributed by atoms with van der Waals surface area (Å²) in [6.07, 6.45) is 0.418. The van der Waals surface area contributed by atoms with Crippen LogP contribution in [0.3, 0.4) is 0 Å². The van der Waals surface area contributed by atoms with E-state index in [1.807, 2.05) is 42.9 Å². The first-order valence-corrected chi connectivity index (χ1v) is 8.56. The smallest absolute Gasteiger partial charge is 0.224 e. The van der Waals surface area contributed by atoms with E-state index in [2.05, 4.69) is 9.89 Å². The summed E-state index contributed by atoms with van der Waals surface area (Å²) in [6.45, 7) is 3.40. The molecule has 7 heteroatoms. The average Bonchev–Trinajstić information content (AvgIpc) is 2.58. The molecule has 6 nitrogen and oxygen atoms in total. The maximum Gasteiger partial charge on any atom is 0.224 e. The van der Waals surface area contributed by atoms with Crippen molar-refractivity contribution in [3.8, 4) is 0 Å². The molecule has 0 unspecified atom stereocenters. The van der Waals surface area contributed by atoms with E-state index >= 15 is 0 Å². The molecule has 0 bridgehead atoms. The molecular formula is C18H28FN5O. The Morgan fingerprint density at radius 2 is 1.60 bits per heavy atom. The molecule has 0 aromatic heterocycles. The van der Waals surface area contributed by atoms with Crippen LogP contribution in [0.2, 0.25) is 0 Å². The molecule has 0 atom stereocenters. The summed E-state index contributed by atoms with van der Waals surface area (Å²) in [5, 5.41) is 0. The number of carbonyl (C=O) groups is 1. The van der Waals surface area contributed by atoms with Crippen LogP contribution >= 0.6 is 0 Å². The van der Waals surface area contributed by atoms with Crippen LogP contribution in [0.25, 0.3) is 0 Å². The molecule has 2 rings (SSSR count). The zero-order valence-electron chi connectivity index (χ0n) is 15.6. The first-order chi connectivity index (χ1) is 11.9. The minimum Gasteiger partial charge on any atom is -0.368 e. The van der Waals surface area contributed by atoms with Crippen LogP contribution < -0.4 is 4.90 Å². The van der Waals surface area contributed by atoms with Crippen LogP contribution in [-0.2, 0) is 4.79 Å². The standard InChI is InChI=1S/C18H28FN5O/c1-21(2)18(22(3)4)20-10-9-17(25)24-13-11-23(12-14-24)16-7-5-15(19)6-8-16/h5-8H,9-14H2,1-4H3. The minimum absolute atomic E-state index is 0.138. The van der Waals surface area contributed by atoms with Crippen LogP contribution in [0.4, 0.5) is 10.1 Å². The Kier molecular flexibility index (Phi) is 6.61. The van der Waals surface area contributed by atoms with E-state index in [9.17, 15) is 9.18 Å². The van der Waals surface area contributed by atoms with Crippen molar-refractivity contribution < 1.29 is 9.18 Å². The zero-order valence-corrected chi connectivity index (χ0v) is 15.6. The summed E-state index contributed by atoms with van der Waals surface area (Å²) < 4.78 is 13.0. The predicted octanol–water partition coefficient (Wildman–Crippen LogP) is 1.34. The van der Waals surface area contributed by atoms with E-state index in [1.165, 1.54) is 12.1 Å². The summed E-state index contributed by atoms with van der Waals surface area (Å²) in [6, 6.07) is 6.51. The molecule has 1 aromatic carbocycles. The highest BCUT2D eigenvalue weighted by Crippen LogP contribution is 2.17. The summed E-state index contributed by atoms with van der Waals surface area (Å²) in [5.41, 5.74) is 1.000. The number of halogens is 1. The number of aliphatic imine (C=N–C) groups is 1. The Morgan fingerprint density at radius 3 is 2.12 bits per heavy atom. The van der Waals surface area contributed by atoms with Crippen molar-refractivity contribution in [1.29, 1.82) is 0 Å². The highest BCUT2D eigenvalue weighted by molar-refractivity contribution is 5.80. The lowest BCUT2D eigenvalue weighted by atomic mass is 10.2. The molecule has 0 N–H and O–H groups in total. The summed E-state index contributed by atoms with van der Waals surface area (Å²) in [7, 11) is 7.76. The fourth-order valence-electron chi connectivity index (χ4n) is 2.96. The number of guanidine groups is 1. The Morgan fingerprint density at radius 1 is 1.04 bits per heavy atom. The number of amides is 1. The normalized spacial score (nSPS) is 14.3. The van der Waals surface area contributed by atoms with Crippen LogP contribution in [0.5, 0.6) is 0 Å². The van der Waals surface area contributed by atoms with Gasteiger partial charge in [0, 0.05) is 66.5 Å². The van der Waals surface area contributed by atoms with Crippen molar-refractivity contribution in [3.05, 3.63) is 30.1 Å². The highest BCUT2D eigenvalue weighted by atomic mass is 19.1. The van der Waals surface area contributed by atoms with Gasteiger partial charge in [-0.25, -0.2) is 4.39 Å². The molecule has 0 spiro atoms. The van der Waals surface area contributed by atoms with Crippen molar-refractivity contribution in [3.63, 3.8) is 0 Å². The van der Waals surface area contributed by atoms with Gasteiger partial charge in [-0.1, -0.05) is 0 Å². The SMILES string of the molecule is CN(C)C(=NCCC(=O)N1CCN(c2ccc(F)cc2)CC1)N(C)C. The topological polar surface area (TPSA) is 42.4 Å². The number of carbonyl (C=O) groups excluding carboxylic acids is 1. The lowest BCUT2D eigenvalue weighted by Crippen LogP contribution is -2.49. The van der Waals surface area contributed by atoms with E-state index in [-0.39, 0.29) is 11.7 Å². The van der Waals surface area contributed by atoms with Crippen molar-refractivity contribution in [2.24, 2.45) is 4.99 Å². The molecule has 1 fully saturated rings. The maximum atomic E-state index is 13.0. The predicted molar refractivity (Wildman–Crippen MR) is 99.5 cm³/mol. The molecule has 0 saturated carbocycles. The molecule has 1 saturated heterocycles. The third kappa shape index (κ3) is 5.34. The van der Waals surface area contributed by atoms with Crippen molar-refractivity contribution >= 4 is 17.6 Å². The second kappa shape index (κ2) is 8.69. The van der Waals surface area contributed by atoms with Crippen LogP contribution in [0, 0.1) is 5.82 Å². The van der Waals surface area contributed by atoms with Gasteiger partial charge in [-0.2, -0.15) is 0 Å². The van der Waals surface area contributed by atoms with Crippen molar-refractivity contribution in [2.75, 3.05) is 65.8 Å². The van der Waals surface area contributed by atoms with Gasteiger partial charge in [0.1, 0.15) is 5.82 Å². The fourth-order valence-corrected chi connectivity index (χ4v) is 2.96. The van der Waals surface area contributed by atoms with Crippen LogP contribution in [-0.4, -0.2) is 87.5 Å². The molecule has 0 radical (unpaired) electrons. The monoisotopic (exact) mass is 349 g/mol. The Hall–Kier alpha value is -2.31. The number of benzene rings is 1. The summed E-state index contributed by atoms with van der Waals surface area (Å²) >= 11 is 0. The Balaban J connectivity index is 1.81. The quantitative estimate of drug-likeness (QED) is 0.608. The van der Waals surface area contributed by atoms with Gasteiger partial charge in [-0.3, -0.25) is 9.79 Å². The van der Waals surface area contributed by atoms with Gasteiger partial charge in [-0.15, -0.1) is 0 Å². The van der Waals surface area contributed by atoms with Crippen LogP contribution in [0.15, 0.2) is 29.3 Å². The number of anilines is 1. The number of rotatable bonds is 4. The second-order valence-electron chi connectivity index (χ2n) is 6.56. The molecule has 25 heavy (non-hydrogen) atoms. The van der Waals surface area contributed by atoms with E-state index < -0.39 is 0 Å². The van der Waals surface area contributed by atoms with E-state index in [4.69, 9.17) is 0 Å². The molecule has 138 valence electrons. The van der Waals surface area contributed by atoms with Crippen LogP contribution in [0.1, 0.15) is 6.42 Å². The van der Waals surface area contributed by atoms with E-state index in [1.54, 1.807) is 12.1 Å². The third-order valence-electron chi connectivity index (χ3n) is 4.20. The molecule has 1 aromatic rings. The van der Waals surface area contributed by atoms with Gasteiger partial charge >= 0.3 is 0 Å². The fraction of sp³-hybridized carbons (Fsp3) is 0.556. The summed E-state index contributed by atoms with van der Waals surface area (Å²) in [4.78, 5) is 24.8. The van der Waals surface area contributed by atoms with E-state index in [0.717, 1.165) is 24.7 Å². The lowest BCUT2D eigenvalue weighted by molar-refractivity contribution is -0.131. The first kappa shape index (κ1) is 19.0. The second-order valence-corrected chi connectivity index (χ2v) is 6.56. The van der Waals surface area contributed by atoms with Crippen molar-refractivity contribution in [2.45, 2.75) is 6.42 Å². The van der Waals surface area contributed by atoms with Gasteiger partial charge in [0.2, 0.25) is 5.91 Å². The Bertz CT molecular complexity index is 582. The zero-order chi connectivity index (χ0) is 18.4. The molecular weight excluding hydrogens is 321 g/mol. The number of nitrogens with zero attached hydrogens (tertiary/aromatic N) is 5. The molecule has 1 amide bonds. The van der Waals surface area contributed by atoms with Gasteiger partial charge < -0.3 is 19.6 Å². The molecule has 1 heterocycles. The van der Waals surface area contributed by atoms with Gasteiger partial charge in [0.15, 0.2) is 5.96 Å². The van der Waals surface area contributed by atoms with Gasteiger partial charge in [-0.05, 0) is 24.3 Å². The minimum atomic E-state index is -0.229. The van der Waals surface area contributed by atoms with Crippen molar-refractivity contribution in [1.82, 2.24) is 14.7 Å². The molecule has 1 aliphatic rings. The largest absolute Gasteiger partial charge is 0.368 e. The maximum absolute atomic E-state index is 13.0. The number of hydrogen-bond donors (Lipinski definition) is 0. The summed E-state index contributed by atoms with van der Waals surface area (Å²) in [5.74, 6) is 0.765. The molecule has 1 aliphatic heterocycles. The lowest BCUT2D eigenvalue weighted by Gasteiger charge is -2.36. The average molecular weight is 349 g/mol. The highest BCUT2D eigenvalue weighted by Gasteiger charge is 2.21. The molecule has 0 aliphatic carbocycles. The van der Waals surface area contributed by atoms with Gasteiger partial charge in [0.25, 0.3) is 0 Å². The third-order valence-corrected chi connectivity index (χ3v) is 4.20. The first-order valence-electron chi connectivity index (χ1n) is 8.56. The number of hydrogen-bond acceptors (Lipinski definition) is 3. The van der Waals surface area contributed by atoms with E-state index in [0.29, 0.717) is 26.1 Å². The van der Waals surface area contributed by atoms with Gasteiger partial charge in [0.05, 0.1) is 6.54 Å². The number of piperazine rings is 1. The Labute approximate surface area is 149 Å².